The molecule has 0 aromatic heterocycles. The number of alkyl halides is 9. The average molecular weight is 376 g/mol. The second-order valence-corrected chi connectivity index (χ2v) is 5.69. The lowest BCUT2D eigenvalue weighted by Gasteiger charge is -2.31. The second kappa shape index (κ2) is 5.43. The summed E-state index contributed by atoms with van der Waals surface area (Å²) in [5.41, 5.74) is -12.5. The van der Waals surface area contributed by atoms with Crippen molar-refractivity contribution in [2.45, 2.75) is 17.9 Å². The summed E-state index contributed by atoms with van der Waals surface area (Å²) < 4.78 is 131. The zero-order valence-corrected chi connectivity index (χ0v) is 11.0. The lowest BCUT2D eigenvalue weighted by Crippen LogP contribution is -2.37. The highest BCUT2D eigenvalue weighted by Gasteiger charge is 2.48. The lowest BCUT2D eigenvalue weighted by molar-refractivity contribution is -0.143. The largest absolute Gasteiger partial charge is 0.744 e. The van der Waals surface area contributed by atoms with Crippen molar-refractivity contribution in [3.8, 4) is 0 Å². The standard InChI is InChI=1S/C9H3F9NO3S/c10-7(11,12)4-1-5(8(13,14)15)3-6(2-4)19(20)23(21,22)9(16,17)18/h1-3H/q-1. The summed E-state index contributed by atoms with van der Waals surface area (Å²) in [6.45, 7) is 0. The number of nitrogens with zero attached hydrogens (tertiary/aromatic N) is 1. The summed E-state index contributed by atoms with van der Waals surface area (Å²) in [5, 5.41) is 11.1. The Kier molecular flexibility index (Phi) is 4.57. The quantitative estimate of drug-likeness (QED) is 0.582. The summed E-state index contributed by atoms with van der Waals surface area (Å²) in [5.74, 6) is 0. The van der Waals surface area contributed by atoms with Crippen molar-refractivity contribution in [3.63, 3.8) is 0 Å². The molecule has 132 valence electrons. The Morgan fingerprint density at radius 1 is 0.783 bits per heavy atom. The van der Waals surface area contributed by atoms with Crippen LogP contribution < -0.4 is 4.47 Å². The zero-order chi connectivity index (χ0) is 18.4. The van der Waals surface area contributed by atoms with Crippen LogP contribution in [0.1, 0.15) is 11.1 Å². The highest BCUT2D eigenvalue weighted by atomic mass is 32.2. The van der Waals surface area contributed by atoms with Gasteiger partial charge in [0.15, 0.2) is 0 Å². The molecule has 0 fully saturated rings. The molecule has 0 N–H and O–H groups in total. The van der Waals surface area contributed by atoms with Gasteiger partial charge in [-0.25, -0.2) is 0 Å². The molecule has 0 aliphatic carbocycles. The minimum Gasteiger partial charge on any atom is -0.744 e. The van der Waals surface area contributed by atoms with Crippen molar-refractivity contribution in [1.29, 1.82) is 0 Å². The van der Waals surface area contributed by atoms with E-state index in [0.717, 1.165) is 0 Å². The molecule has 0 aliphatic rings. The third kappa shape index (κ3) is 3.99. The van der Waals surface area contributed by atoms with E-state index in [1.807, 2.05) is 0 Å². The van der Waals surface area contributed by atoms with Crippen molar-refractivity contribution in [2.24, 2.45) is 0 Å². The summed E-state index contributed by atoms with van der Waals surface area (Å²) in [6, 6.07) is -1.35. The van der Waals surface area contributed by atoms with Crippen LogP contribution in [0.4, 0.5) is 45.2 Å². The molecule has 0 saturated heterocycles. The normalized spacial score (nSPS) is 14.0. The molecule has 4 nitrogen and oxygen atoms in total. The maximum absolute atomic E-state index is 12.5. The highest BCUT2D eigenvalue weighted by molar-refractivity contribution is 7.93. The molecule has 0 unspecified atom stereocenters. The second-order valence-electron chi connectivity index (χ2n) is 3.94. The predicted molar refractivity (Wildman–Crippen MR) is 57.3 cm³/mol. The molecule has 1 rings (SSSR count). The summed E-state index contributed by atoms with van der Waals surface area (Å²) in [6.07, 6.45) is -10.9. The smallest absolute Gasteiger partial charge is 0.515 e. The van der Waals surface area contributed by atoms with Gasteiger partial charge in [0.2, 0.25) is 0 Å². The van der Waals surface area contributed by atoms with Crippen LogP contribution in [-0.2, 0) is 22.4 Å². The molecule has 0 spiro atoms. The maximum atomic E-state index is 12.5. The number of hydrogen-bond acceptors (Lipinski definition) is 3. The third-order valence-electron chi connectivity index (χ3n) is 2.29. The fourth-order valence-corrected chi connectivity index (χ4v) is 1.85. The topological polar surface area (TPSA) is 60.4 Å². The van der Waals surface area contributed by atoms with Gasteiger partial charge in [-0.1, -0.05) is 0 Å². The lowest BCUT2D eigenvalue weighted by atomic mass is 10.1. The molecule has 0 bridgehead atoms. The van der Waals surface area contributed by atoms with Gasteiger partial charge in [0.1, 0.15) is 0 Å². The Morgan fingerprint density at radius 2 is 1.13 bits per heavy atom. The Morgan fingerprint density at radius 3 is 1.39 bits per heavy atom. The van der Waals surface area contributed by atoms with Crippen LogP contribution in [0.2, 0.25) is 0 Å². The fraction of sp³-hybridized carbons (Fsp3) is 0.333. The molecule has 23 heavy (non-hydrogen) atoms. The Labute approximate surface area is 121 Å². The number of benzene rings is 1. The highest BCUT2D eigenvalue weighted by Crippen LogP contribution is 2.40. The first-order valence-electron chi connectivity index (χ1n) is 5.06. The van der Waals surface area contributed by atoms with Crippen molar-refractivity contribution in [3.05, 3.63) is 34.5 Å². The zero-order valence-electron chi connectivity index (χ0n) is 10.2. The average Bonchev–Trinajstić information content (AvgIpc) is 2.33. The third-order valence-corrected chi connectivity index (χ3v) is 3.53. The van der Waals surface area contributed by atoms with Crippen LogP contribution >= 0.6 is 0 Å². The maximum Gasteiger partial charge on any atom is 0.515 e. The monoisotopic (exact) mass is 376 g/mol. The van der Waals surface area contributed by atoms with Crippen molar-refractivity contribution < 1.29 is 47.9 Å². The van der Waals surface area contributed by atoms with Gasteiger partial charge in [-0.15, -0.1) is 0 Å². The van der Waals surface area contributed by atoms with E-state index in [9.17, 15) is 53.1 Å². The van der Waals surface area contributed by atoms with E-state index in [0.29, 0.717) is 0 Å². The molecule has 1 aromatic carbocycles. The van der Waals surface area contributed by atoms with Crippen LogP contribution in [0.5, 0.6) is 0 Å². The van der Waals surface area contributed by atoms with Crippen molar-refractivity contribution in [1.82, 2.24) is 0 Å². The fourth-order valence-electron chi connectivity index (χ4n) is 1.28. The number of halogens is 9. The van der Waals surface area contributed by atoms with Gasteiger partial charge in [0.25, 0.3) is 0 Å². The van der Waals surface area contributed by atoms with Gasteiger partial charge in [0.05, 0.1) is 11.1 Å². The predicted octanol–water partition coefficient (Wildman–Crippen LogP) is 3.88. The molecule has 0 heterocycles. The first kappa shape index (κ1) is 19.3. The Bertz CT molecular complexity index is 657. The molecule has 0 radical (unpaired) electrons. The SMILES string of the molecule is O=S(=O)(N([O-])c1cc(C(F)(F)F)cc(C(F)(F)F)c1)C(F)(F)F. The number of hydrogen-bond donors (Lipinski definition) is 0. The van der Waals surface area contributed by atoms with E-state index in [-0.39, 0.29) is 0 Å². The van der Waals surface area contributed by atoms with Gasteiger partial charge in [-0.3, -0.25) is 0 Å². The van der Waals surface area contributed by atoms with Gasteiger partial charge >= 0.3 is 27.9 Å². The number of sulfonamides is 1. The van der Waals surface area contributed by atoms with Crippen LogP contribution in [0.25, 0.3) is 0 Å². The van der Waals surface area contributed by atoms with E-state index < -0.39 is 67.4 Å². The molecular formula is C9H3F9NO3S-. The molecule has 0 atom stereocenters. The van der Waals surface area contributed by atoms with Gasteiger partial charge in [0, 0.05) is 5.69 Å². The van der Waals surface area contributed by atoms with Crippen LogP contribution in [0.3, 0.4) is 0 Å². The summed E-state index contributed by atoms with van der Waals surface area (Å²) >= 11 is 0. The van der Waals surface area contributed by atoms with Crippen LogP contribution in [0.15, 0.2) is 18.2 Å². The van der Waals surface area contributed by atoms with Crippen molar-refractivity contribution in [2.75, 3.05) is 4.47 Å². The number of anilines is 1. The minimum atomic E-state index is -6.71. The molecule has 0 saturated carbocycles. The Balaban J connectivity index is 3.60. The van der Waals surface area contributed by atoms with Crippen LogP contribution in [-0.4, -0.2) is 13.9 Å². The van der Waals surface area contributed by atoms with E-state index in [4.69, 9.17) is 0 Å². The molecular weight excluding hydrogens is 373 g/mol. The summed E-state index contributed by atoms with van der Waals surface area (Å²) in [4.78, 5) is 0. The molecule has 0 aliphatic heterocycles. The minimum absolute atomic E-state index is 0.439. The van der Waals surface area contributed by atoms with E-state index >= 15 is 0 Å². The molecule has 0 amide bonds. The van der Waals surface area contributed by atoms with Gasteiger partial charge in [-0.2, -0.15) is 47.9 Å². The van der Waals surface area contributed by atoms with Crippen LogP contribution in [0, 0.1) is 5.21 Å². The van der Waals surface area contributed by atoms with E-state index in [1.165, 1.54) is 0 Å². The van der Waals surface area contributed by atoms with E-state index in [1.54, 1.807) is 0 Å². The molecule has 1 aromatic rings. The first-order chi connectivity index (χ1) is 9.98. The Hall–Kier alpha value is -1.70. The van der Waals surface area contributed by atoms with Gasteiger partial charge < -0.3 is 9.68 Å². The summed E-state index contributed by atoms with van der Waals surface area (Å²) in [7, 11) is -6.71. The van der Waals surface area contributed by atoms with Crippen molar-refractivity contribution >= 4 is 15.7 Å². The van der Waals surface area contributed by atoms with Gasteiger partial charge in [-0.05, 0) is 18.2 Å². The van der Waals surface area contributed by atoms with E-state index in [2.05, 4.69) is 0 Å². The molecule has 14 heteroatoms. The number of rotatable bonds is 2. The first-order valence-corrected chi connectivity index (χ1v) is 6.50.